The highest BCUT2D eigenvalue weighted by molar-refractivity contribution is 14.0. The molecule has 2 rings (SSSR count). The molecule has 2 N–H and O–H groups in total. The van der Waals surface area contributed by atoms with Crippen LogP contribution in [0.4, 0.5) is 14.5 Å². The van der Waals surface area contributed by atoms with Crippen molar-refractivity contribution in [2.45, 2.75) is 25.8 Å². The third-order valence-corrected chi connectivity index (χ3v) is 3.90. The Morgan fingerprint density at radius 3 is 2.72 bits per heavy atom. The maximum Gasteiger partial charge on any atom is 0.191 e. The fourth-order valence-electron chi connectivity index (χ4n) is 2.79. The van der Waals surface area contributed by atoms with Crippen LogP contribution in [0.2, 0.25) is 0 Å². The monoisotopic (exact) mass is 468 g/mol. The van der Waals surface area contributed by atoms with Gasteiger partial charge in [0.25, 0.3) is 0 Å². The summed E-state index contributed by atoms with van der Waals surface area (Å²) in [6.45, 7) is 5.25. The highest BCUT2D eigenvalue weighted by Crippen LogP contribution is 2.26. The molecular weight excluding hydrogens is 441 g/mol. The van der Waals surface area contributed by atoms with Gasteiger partial charge in [-0.3, -0.25) is 4.99 Å². The van der Waals surface area contributed by atoms with Crippen LogP contribution in [0.3, 0.4) is 0 Å². The molecule has 0 aromatic heterocycles. The molecule has 5 nitrogen and oxygen atoms in total. The molecule has 0 saturated carbocycles. The Kier molecular flexibility index (Phi) is 10.0. The van der Waals surface area contributed by atoms with E-state index in [0.29, 0.717) is 26.2 Å². The van der Waals surface area contributed by atoms with Crippen molar-refractivity contribution in [1.82, 2.24) is 10.6 Å². The van der Waals surface area contributed by atoms with Gasteiger partial charge in [0.2, 0.25) is 0 Å². The average Bonchev–Trinajstić information content (AvgIpc) is 2.99. The molecule has 1 aromatic carbocycles. The first-order valence-corrected chi connectivity index (χ1v) is 8.38. The van der Waals surface area contributed by atoms with E-state index in [4.69, 9.17) is 4.74 Å². The molecular formula is C17H27F2IN4O. The number of halogens is 3. The third kappa shape index (κ3) is 6.58. The van der Waals surface area contributed by atoms with Crippen molar-refractivity contribution < 1.29 is 13.5 Å². The topological polar surface area (TPSA) is 48.9 Å². The molecule has 0 radical (unpaired) electrons. The molecule has 1 aliphatic rings. The van der Waals surface area contributed by atoms with Crippen LogP contribution < -0.4 is 15.5 Å². The summed E-state index contributed by atoms with van der Waals surface area (Å²) in [6, 6.07) is 4.07. The van der Waals surface area contributed by atoms with Crippen molar-refractivity contribution in [2.75, 3.05) is 44.8 Å². The number of anilines is 1. The van der Waals surface area contributed by atoms with Gasteiger partial charge in [-0.05, 0) is 31.9 Å². The van der Waals surface area contributed by atoms with Crippen molar-refractivity contribution in [1.29, 1.82) is 0 Å². The maximum atomic E-state index is 13.9. The van der Waals surface area contributed by atoms with Crippen LogP contribution in [0.15, 0.2) is 23.2 Å². The first kappa shape index (κ1) is 21.9. The summed E-state index contributed by atoms with van der Waals surface area (Å²) in [4.78, 5) is 6.24. The van der Waals surface area contributed by atoms with Crippen LogP contribution in [0, 0.1) is 11.6 Å². The Morgan fingerprint density at radius 2 is 2.08 bits per heavy atom. The largest absolute Gasteiger partial charge is 0.385 e. The van der Waals surface area contributed by atoms with Gasteiger partial charge in [-0.2, -0.15) is 0 Å². The summed E-state index contributed by atoms with van der Waals surface area (Å²) >= 11 is 0. The van der Waals surface area contributed by atoms with Gasteiger partial charge >= 0.3 is 0 Å². The van der Waals surface area contributed by atoms with E-state index in [1.807, 2.05) is 6.92 Å². The second-order valence-corrected chi connectivity index (χ2v) is 5.75. The minimum atomic E-state index is -0.518. The molecule has 1 heterocycles. The summed E-state index contributed by atoms with van der Waals surface area (Å²) in [6.07, 6.45) is 1.65. The number of benzene rings is 1. The molecule has 8 heteroatoms. The Balaban J connectivity index is 0.00000312. The van der Waals surface area contributed by atoms with E-state index in [2.05, 4.69) is 15.6 Å². The Hall–Kier alpha value is -1.16. The van der Waals surface area contributed by atoms with E-state index in [1.165, 1.54) is 18.2 Å². The molecule has 1 aromatic rings. The van der Waals surface area contributed by atoms with Gasteiger partial charge in [0, 0.05) is 45.9 Å². The van der Waals surface area contributed by atoms with E-state index in [0.717, 1.165) is 25.3 Å². The molecule has 1 saturated heterocycles. The van der Waals surface area contributed by atoms with E-state index in [9.17, 15) is 8.78 Å². The average molecular weight is 468 g/mol. The molecule has 0 spiro atoms. The maximum absolute atomic E-state index is 13.9. The summed E-state index contributed by atoms with van der Waals surface area (Å²) in [5.74, 6) is -0.305. The third-order valence-electron chi connectivity index (χ3n) is 3.90. The molecule has 142 valence electrons. The fourth-order valence-corrected chi connectivity index (χ4v) is 2.79. The number of nitrogens with one attached hydrogen (secondary N) is 2. The predicted molar refractivity (Wildman–Crippen MR) is 108 cm³/mol. The van der Waals surface area contributed by atoms with Crippen molar-refractivity contribution in [2.24, 2.45) is 4.99 Å². The molecule has 0 bridgehead atoms. The minimum absolute atomic E-state index is 0. The molecule has 1 aliphatic heterocycles. The number of hydrogen-bond acceptors (Lipinski definition) is 3. The molecule has 1 unspecified atom stereocenters. The van der Waals surface area contributed by atoms with Crippen molar-refractivity contribution >= 4 is 35.6 Å². The van der Waals surface area contributed by atoms with E-state index in [-0.39, 0.29) is 35.7 Å². The number of guanidine groups is 1. The summed E-state index contributed by atoms with van der Waals surface area (Å²) in [7, 11) is 1.67. The molecule has 25 heavy (non-hydrogen) atoms. The quantitative estimate of drug-likeness (QED) is 0.280. The van der Waals surface area contributed by atoms with Gasteiger partial charge < -0.3 is 20.3 Å². The molecule has 0 amide bonds. The molecule has 0 aliphatic carbocycles. The van der Waals surface area contributed by atoms with Gasteiger partial charge in [-0.25, -0.2) is 8.78 Å². The second kappa shape index (κ2) is 11.5. The minimum Gasteiger partial charge on any atom is -0.385 e. The zero-order valence-corrected chi connectivity index (χ0v) is 17.1. The fraction of sp³-hybridized carbons (Fsp3) is 0.588. The highest BCUT2D eigenvalue weighted by Gasteiger charge is 2.27. The van der Waals surface area contributed by atoms with Crippen LogP contribution in [0.5, 0.6) is 0 Å². The standard InChI is InChI=1S/C17H26F2N4O.HI/c1-3-20-17(21-9-5-11-24-2)22-13-8-10-23(12-13)16-14(18)6-4-7-15(16)19;/h4,6-7,13H,3,5,8-12H2,1-2H3,(H2,20,21,22);1H. The van der Waals surface area contributed by atoms with E-state index < -0.39 is 11.6 Å². The number of ether oxygens (including phenoxy) is 1. The Morgan fingerprint density at radius 1 is 1.36 bits per heavy atom. The number of nitrogens with zero attached hydrogens (tertiary/aromatic N) is 2. The first-order valence-electron chi connectivity index (χ1n) is 8.38. The lowest BCUT2D eigenvalue weighted by atomic mass is 10.2. The van der Waals surface area contributed by atoms with Crippen LogP contribution in [-0.4, -0.2) is 51.9 Å². The lowest BCUT2D eigenvalue weighted by molar-refractivity contribution is 0.197. The van der Waals surface area contributed by atoms with Gasteiger partial charge in [-0.15, -0.1) is 24.0 Å². The Labute approximate surface area is 165 Å². The van der Waals surface area contributed by atoms with Gasteiger partial charge in [0.1, 0.15) is 17.3 Å². The van der Waals surface area contributed by atoms with Gasteiger partial charge in [0.05, 0.1) is 0 Å². The van der Waals surface area contributed by atoms with Gasteiger partial charge in [0.15, 0.2) is 5.96 Å². The lowest BCUT2D eigenvalue weighted by Crippen LogP contribution is -2.44. The zero-order chi connectivity index (χ0) is 17.4. The number of rotatable bonds is 7. The number of hydrogen-bond donors (Lipinski definition) is 2. The molecule has 1 fully saturated rings. The molecule has 1 atom stereocenters. The van der Waals surface area contributed by atoms with Crippen LogP contribution in [0.1, 0.15) is 19.8 Å². The van der Waals surface area contributed by atoms with Crippen LogP contribution in [-0.2, 0) is 4.74 Å². The van der Waals surface area contributed by atoms with Crippen molar-refractivity contribution in [3.63, 3.8) is 0 Å². The van der Waals surface area contributed by atoms with Crippen molar-refractivity contribution in [3.8, 4) is 0 Å². The predicted octanol–water partition coefficient (Wildman–Crippen LogP) is 2.75. The normalized spacial score (nSPS) is 17.4. The lowest BCUT2D eigenvalue weighted by Gasteiger charge is -2.21. The summed E-state index contributed by atoms with van der Waals surface area (Å²) in [5.41, 5.74) is 0.0591. The number of aliphatic imine (C=N–C) groups is 1. The number of methoxy groups -OCH3 is 1. The smallest absolute Gasteiger partial charge is 0.191 e. The van der Waals surface area contributed by atoms with Gasteiger partial charge in [-0.1, -0.05) is 6.07 Å². The second-order valence-electron chi connectivity index (χ2n) is 5.75. The summed E-state index contributed by atoms with van der Waals surface area (Å²) < 4.78 is 32.8. The summed E-state index contributed by atoms with van der Waals surface area (Å²) in [5, 5.41) is 6.54. The van der Waals surface area contributed by atoms with E-state index >= 15 is 0 Å². The van der Waals surface area contributed by atoms with Crippen LogP contribution >= 0.6 is 24.0 Å². The van der Waals surface area contributed by atoms with Crippen LogP contribution in [0.25, 0.3) is 0 Å². The van der Waals surface area contributed by atoms with Crippen molar-refractivity contribution in [3.05, 3.63) is 29.8 Å². The van der Waals surface area contributed by atoms with E-state index in [1.54, 1.807) is 12.0 Å². The highest BCUT2D eigenvalue weighted by atomic mass is 127. The first-order chi connectivity index (χ1) is 11.7. The zero-order valence-electron chi connectivity index (χ0n) is 14.7. The number of para-hydroxylation sites is 1. The Bertz CT molecular complexity index is 539. The SMILES string of the molecule is CCNC(=NCCCOC)NC1CCN(c2c(F)cccc2F)C1.I.